The van der Waals surface area contributed by atoms with Crippen LogP contribution in [0.3, 0.4) is 0 Å². The first-order valence-corrected chi connectivity index (χ1v) is 6.13. The van der Waals surface area contributed by atoms with E-state index >= 15 is 0 Å². The zero-order valence-electron chi connectivity index (χ0n) is 9.58. The fourth-order valence-corrected chi connectivity index (χ4v) is 2.49. The average molecular weight is 219 g/mol. The number of thioether (sulfide) groups is 1. The van der Waals surface area contributed by atoms with Crippen LogP contribution in [0, 0.1) is 23.7 Å². The molecule has 0 fully saturated rings. The summed E-state index contributed by atoms with van der Waals surface area (Å²) in [6.45, 7) is 6.11. The molecule has 1 aromatic rings. The maximum atomic E-state index is 8.89. The van der Waals surface area contributed by atoms with E-state index in [0.29, 0.717) is 0 Å². The van der Waals surface area contributed by atoms with E-state index in [-0.39, 0.29) is 5.41 Å². The molecular weight excluding hydrogens is 202 g/mol. The normalized spacial score (nSPS) is 11.1. The van der Waals surface area contributed by atoms with Gasteiger partial charge in [-0.2, -0.15) is 5.26 Å². The number of rotatable bonds is 4. The van der Waals surface area contributed by atoms with E-state index in [0.717, 1.165) is 12.2 Å². The average Bonchev–Trinajstić information content (AvgIpc) is 2.21. The summed E-state index contributed by atoms with van der Waals surface area (Å²) in [5, 5.41) is 8.89. The van der Waals surface area contributed by atoms with Gasteiger partial charge in [-0.15, -0.1) is 11.8 Å². The van der Waals surface area contributed by atoms with E-state index in [1.807, 2.05) is 25.6 Å². The quantitative estimate of drug-likeness (QED) is 0.714. The van der Waals surface area contributed by atoms with E-state index in [9.17, 15) is 0 Å². The molecule has 1 aromatic carbocycles. The second kappa shape index (κ2) is 5.23. The number of benzene rings is 1. The third-order valence-corrected chi connectivity index (χ3v) is 3.56. The lowest BCUT2D eigenvalue weighted by Gasteiger charge is -2.14. The number of aryl methyl sites for hydroxylation is 1. The number of nitriles is 1. The lowest BCUT2D eigenvalue weighted by molar-refractivity contribution is 0.482. The van der Waals surface area contributed by atoms with E-state index in [1.54, 1.807) is 0 Å². The molecule has 2 heteroatoms. The summed E-state index contributed by atoms with van der Waals surface area (Å²) in [5.41, 5.74) is 1.12. The predicted molar refractivity (Wildman–Crippen MR) is 65.9 cm³/mol. The van der Waals surface area contributed by atoms with Crippen molar-refractivity contribution in [2.75, 3.05) is 5.75 Å². The van der Waals surface area contributed by atoms with Crippen LogP contribution in [0.4, 0.5) is 0 Å². The summed E-state index contributed by atoms with van der Waals surface area (Å²) in [7, 11) is 0. The molecule has 0 spiro atoms. The topological polar surface area (TPSA) is 23.8 Å². The maximum absolute atomic E-state index is 8.89. The smallest absolute Gasteiger partial charge is 0.0684 e. The SMILES string of the molecule is Cc1ccccc1SCCC(C)(C)C#N. The van der Waals surface area contributed by atoms with Crippen LogP contribution in [0.25, 0.3) is 0 Å². The Labute approximate surface area is 96.5 Å². The van der Waals surface area contributed by atoms with Gasteiger partial charge in [-0.05, 0) is 44.6 Å². The van der Waals surface area contributed by atoms with Gasteiger partial charge in [-0.3, -0.25) is 0 Å². The van der Waals surface area contributed by atoms with E-state index in [4.69, 9.17) is 5.26 Å². The first-order chi connectivity index (χ1) is 7.05. The van der Waals surface area contributed by atoms with Gasteiger partial charge in [0.1, 0.15) is 0 Å². The number of hydrogen-bond acceptors (Lipinski definition) is 2. The molecule has 80 valence electrons. The van der Waals surface area contributed by atoms with Gasteiger partial charge in [-0.25, -0.2) is 0 Å². The lowest BCUT2D eigenvalue weighted by Crippen LogP contribution is -2.08. The van der Waals surface area contributed by atoms with Crippen LogP contribution in [0.1, 0.15) is 25.8 Å². The number of nitrogens with zero attached hydrogens (tertiary/aromatic N) is 1. The van der Waals surface area contributed by atoms with Gasteiger partial charge in [0.25, 0.3) is 0 Å². The Balaban J connectivity index is 2.46. The molecule has 0 aliphatic heterocycles. The van der Waals surface area contributed by atoms with Crippen molar-refractivity contribution in [2.45, 2.75) is 32.1 Å². The van der Waals surface area contributed by atoms with Crippen LogP contribution >= 0.6 is 11.8 Å². The van der Waals surface area contributed by atoms with Crippen LogP contribution < -0.4 is 0 Å². The van der Waals surface area contributed by atoms with Gasteiger partial charge in [0.15, 0.2) is 0 Å². The van der Waals surface area contributed by atoms with Crippen molar-refractivity contribution in [3.8, 4) is 6.07 Å². The standard InChI is InChI=1S/C13H17NS/c1-11-6-4-5-7-12(11)15-9-8-13(2,3)10-14/h4-7H,8-9H2,1-3H3. The van der Waals surface area contributed by atoms with Crippen molar-refractivity contribution in [1.29, 1.82) is 5.26 Å². The highest BCUT2D eigenvalue weighted by molar-refractivity contribution is 7.99. The fourth-order valence-electron chi connectivity index (χ4n) is 1.19. The third kappa shape index (κ3) is 3.97. The van der Waals surface area contributed by atoms with Crippen LogP contribution in [0.2, 0.25) is 0 Å². The predicted octanol–water partition coefficient (Wildman–Crippen LogP) is 4.03. The summed E-state index contributed by atoms with van der Waals surface area (Å²) in [6, 6.07) is 10.7. The molecule has 0 saturated heterocycles. The van der Waals surface area contributed by atoms with Gasteiger partial charge < -0.3 is 0 Å². The van der Waals surface area contributed by atoms with Gasteiger partial charge in [0.2, 0.25) is 0 Å². The van der Waals surface area contributed by atoms with E-state index in [1.165, 1.54) is 10.5 Å². The summed E-state index contributed by atoms with van der Waals surface area (Å²) in [4.78, 5) is 1.33. The second-order valence-corrected chi connectivity index (χ2v) is 5.50. The van der Waals surface area contributed by atoms with E-state index in [2.05, 4.69) is 37.3 Å². The molecule has 15 heavy (non-hydrogen) atoms. The Morgan fingerprint density at radius 3 is 2.60 bits per heavy atom. The minimum absolute atomic E-state index is 0.199. The monoisotopic (exact) mass is 219 g/mol. The molecule has 0 unspecified atom stereocenters. The second-order valence-electron chi connectivity index (χ2n) is 4.36. The van der Waals surface area contributed by atoms with Crippen LogP contribution in [-0.4, -0.2) is 5.75 Å². The molecule has 0 radical (unpaired) electrons. The van der Waals surface area contributed by atoms with Crippen molar-refractivity contribution in [3.05, 3.63) is 29.8 Å². The van der Waals surface area contributed by atoms with Gasteiger partial charge >= 0.3 is 0 Å². The summed E-state index contributed by atoms with van der Waals surface area (Å²) >= 11 is 1.84. The van der Waals surface area contributed by atoms with Gasteiger partial charge in [0.05, 0.1) is 11.5 Å². The molecule has 0 atom stereocenters. The highest BCUT2D eigenvalue weighted by Crippen LogP contribution is 2.27. The molecule has 0 aromatic heterocycles. The zero-order chi connectivity index (χ0) is 11.3. The van der Waals surface area contributed by atoms with Gasteiger partial charge in [0, 0.05) is 4.90 Å². The maximum Gasteiger partial charge on any atom is 0.0684 e. The van der Waals surface area contributed by atoms with Crippen LogP contribution in [0.15, 0.2) is 29.2 Å². The largest absolute Gasteiger partial charge is 0.198 e. The highest BCUT2D eigenvalue weighted by Gasteiger charge is 2.15. The zero-order valence-corrected chi connectivity index (χ0v) is 10.4. The first kappa shape index (κ1) is 12.1. The Hall–Kier alpha value is -0.940. The summed E-state index contributed by atoms with van der Waals surface area (Å²) in [5.74, 6) is 1.01. The summed E-state index contributed by atoms with van der Waals surface area (Å²) in [6.07, 6.45) is 0.933. The molecule has 0 aliphatic carbocycles. The minimum atomic E-state index is -0.199. The lowest BCUT2D eigenvalue weighted by atomic mass is 9.93. The molecule has 1 nitrogen and oxygen atoms in total. The van der Waals surface area contributed by atoms with E-state index < -0.39 is 0 Å². The van der Waals surface area contributed by atoms with Crippen LogP contribution in [-0.2, 0) is 0 Å². The molecular formula is C13H17NS. The number of hydrogen-bond donors (Lipinski definition) is 0. The molecule has 0 saturated carbocycles. The highest BCUT2D eigenvalue weighted by atomic mass is 32.2. The van der Waals surface area contributed by atoms with Crippen LogP contribution in [0.5, 0.6) is 0 Å². The molecule has 0 heterocycles. The molecule has 0 N–H and O–H groups in total. The van der Waals surface area contributed by atoms with Crippen molar-refractivity contribution >= 4 is 11.8 Å². The van der Waals surface area contributed by atoms with Crippen molar-refractivity contribution in [1.82, 2.24) is 0 Å². The van der Waals surface area contributed by atoms with Crippen molar-refractivity contribution in [2.24, 2.45) is 5.41 Å². The molecule has 0 amide bonds. The van der Waals surface area contributed by atoms with Crippen molar-refractivity contribution in [3.63, 3.8) is 0 Å². The Kier molecular flexibility index (Phi) is 4.23. The summed E-state index contributed by atoms with van der Waals surface area (Å²) < 4.78 is 0. The minimum Gasteiger partial charge on any atom is -0.198 e. The molecule has 1 rings (SSSR count). The Morgan fingerprint density at radius 2 is 2.00 bits per heavy atom. The third-order valence-electron chi connectivity index (χ3n) is 2.38. The van der Waals surface area contributed by atoms with Crippen molar-refractivity contribution < 1.29 is 0 Å². The molecule has 0 bridgehead atoms. The molecule has 0 aliphatic rings. The fraction of sp³-hybridized carbons (Fsp3) is 0.462. The van der Waals surface area contributed by atoms with Gasteiger partial charge in [-0.1, -0.05) is 18.2 Å². The first-order valence-electron chi connectivity index (χ1n) is 5.15. The Morgan fingerprint density at radius 1 is 1.33 bits per heavy atom. The Bertz CT molecular complexity index is 363.